The molecule has 1 aromatic heterocycles. The van der Waals surface area contributed by atoms with Crippen LogP contribution in [0.5, 0.6) is 5.75 Å². The zero-order chi connectivity index (χ0) is 21.8. The maximum Gasteiger partial charge on any atom is 0.266 e. The first-order valence-corrected chi connectivity index (χ1v) is 11.9. The van der Waals surface area contributed by atoms with Crippen LogP contribution in [0.3, 0.4) is 0 Å². The molecular weight excluding hydrogens is 434 g/mol. The summed E-state index contributed by atoms with van der Waals surface area (Å²) in [6, 6.07) is 22.5. The fourth-order valence-corrected chi connectivity index (χ4v) is 4.38. The number of para-hydroxylation sites is 2. The van der Waals surface area contributed by atoms with Crippen LogP contribution >= 0.6 is 11.8 Å². The van der Waals surface area contributed by atoms with Crippen LogP contribution < -0.4 is 15.4 Å². The molecule has 3 aromatic carbocycles. The van der Waals surface area contributed by atoms with Crippen molar-refractivity contribution in [1.29, 1.82) is 0 Å². The van der Waals surface area contributed by atoms with Gasteiger partial charge in [-0.25, -0.2) is 18.5 Å². The Bertz CT molecular complexity index is 1370. The van der Waals surface area contributed by atoms with Gasteiger partial charge in [-0.3, -0.25) is 9.36 Å². The van der Waals surface area contributed by atoms with Gasteiger partial charge in [-0.2, -0.15) is 0 Å². The van der Waals surface area contributed by atoms with Crippen molar-refractivity contribution >= 4 is 32.7 Å². The molecule has 4 aromatic rings. The molecule has 0 amide bonds. The Labute approximate surface area is 183 Å². The standard InChI is InChI=1S/C22H19N3O4S2/c23-31(27,28)18-12-10-17(11-13-18)29-14-15-30-22-24-20-9-5-4-8-19(20)21(26)25(22)16-6-2-1-3-7-16/h1-13H,14-15H2,(H2,23,27,28). The molecule has 0 spiro atoms. The van der Waals surface area contributed by atoms with Gasteiger partial charge in [0.25, 0.3) is 5.56 Å². The van der Waals surface area contributed by atoms with Crippen LogP contribution in [0.2, 0.25) is 0 Å². The van der Waals surface area contributed by atoms with Gasteiger partial charge < -0.3 is 4.74 Å². The van der Waals surface area contributed by atoms with E-state index in [4.69, 9.17) is 9.88 Å². The summed E-state index contributed by atoms with van der Waals surface area (Å²) in [6.07, 6.45) is 0. The molecule has 0 atom stereocenters. The number of thioether (sulfide) groups is 1. The molecule has 0 bridgehead atoms. The van der Waals surface area contributed by atoms with Crippen molar-refractivity contribution in [2.45, 2.75) is 10.1 Å². The zero-order valence-corrected chi connectivity index (χ0v) is 18.0. The van der Waals surface area contributed by atoms with Crippen LogP contribution in [0.1, 0.15) is 0 Å². The molecule has 1 heterocycles. The molecule has 31 heavy (non-hydrogen) atoms. The van der Waals surface area contributed by atoms with Crippen LogP contribution in [0, 0.1) is 0 Å². The third-order valence-corrected chi connectivity index (χ3v) is 6.33. The molecule has 2 N–H and O–H groups in total. The molecule has 0 aliphatic rings. The third kappa shape index (κ3) is 4.79. The van der Waals surface area contributed by atoms with Gasteiger partial charge in [0.1, 0.15) is 5.75 Å². The van der Waals surface area contributed by atoms with Crippen LogP contribution in [0.15, 0.2) is 93.7 Å². The van der Waals surface area contributed by atoms with E-state index < -0.39 is 10.0 Å². The first kappa shape index (κ1) is 21.1. The SMILES string of the molecule is NS(=O)(=O)c1ccc(OCCSc2nc3ccccc3c(=O)n2-c2ccccc2)cc1. The van der Waals surface area contributed by atoms with E-state index in [9.17, 15) is 13.2 Å². The highest BCUT2D eigenvalue weighted by atomic mass is 32.2. The summed E-state index contributed by atoms with van der Waals surface area (Å²) in [5.41, 5.74) is 1.26. The van der Waals surface area contributed by atoms with Crippen molar-refractivity contribution in [3.05, 3.63) is 89.2 Å². The first-order chi connectivity index (χ1) is 14.9. The topological polar surface area (TPSA) is 104 Å². The van der Waals surface area contributed by atoms with Crippen molar-refractivity contribution in [2.24, 2.45) is 5.14 Å². The third-order valence-electron chi connectivity index (χ3n) is 4.49. The second kappa shape index (κ2) is 8.93. The number of ether oxygens (including phenoxy) is 1. The molecule has 4 rings (SSSR count). The molecule has 0 fully saturated rings. The Morgan fingerprint density at radius 1 is 0.935 bits per heavy atom. The molecule has 7 nitrogen and oxygen atoms in total. The number of hydrogen-bond donors (Lipinski definition) is 1. The number of rotatable bonds is 7. The van der Waals surface area contributed by atoms with Crippen molar-refractivity contribution in [2.75, 3.05) is 12.4 Å². The van der Waals surface area contributed by atoms with Gasteiger partial charge in [-0.05, 0) is 48.5 Å². The van der Waals surface area contributed by atoms with Crippen molar-refractivity contribution in [3.8, 4) is 11.4 Å². The summed E-state index contributed by atoms with van der Waals surface area (Å²) in [4.78, 5) is 17.9. The number of primary sulfonamides is 1. The van der Waals surface area contributed by atoms with Crippen LogP contribution in [-0.4, -0.2) is 30.3 Å². The average molecular weight is 454 g/mol. The number of aromatic nitrogens is 2. The Kier molecular flexibility index (Phi) is 6.08. The van der Waals surface area contributed by atoms with E-state index in [0.717, 1.165) is 5.69 Å². The molecule has 0 aliphatic heterocycles. The van der Waals surface area contributed by atoms with Gasteiger partial charge >= 0.3 is 0 Å². The van der Waals surface area contributed by atoms with Gasteiger partial charge in [-0.1, -0.05) is 42.1 Å². The van der Waals surface area contributed by atoms with Gasteiger partial charge in [0, 0.05) is 5.75 Å². The Morgan fingerprint density at radius 3 is 2.32 bits per heavy atom. The quantitative estimate of drug-likeness (QED) is 0.262. The van der Waals surface area contributed by atoms with E-state index in [2.05, 4.69) is 4.98 Å². The highest BCUT2D eigenvalue weighted by Gasteiger charge is 2.13. The van der Waals surface area contributed by atoms with E-state index in [-0.39, 0.29) is 10.5 Å². The highest BCUT2D eigenvalue weighted by Crippen LogP contribution is 2.22. The predicted molar refractivity (Wildman–Crippen MR) is 121 cm³/mol. The summed E-state index contributed by atoms with van der Waals surface area (Å²) in [7, 11) is -3.73. The lowest BCUT2D eigenvalue weighted by Gasteiger charge is -2.13. The minimum Gasteiger partial charge on any atom is -0.493 e. The van der Waals surface area contributed by atoms with Crippen molar-refractivity contribution in [1.82, 2.24) is 9.55 Å². The number of nitrogens with zero attached hydrogens (tertiary/aromatic N) is 2. The van der Waals surface area contributed by atoms with Crippen LogP contribution in [0.4, 0.5) is 0 Å². The van der Waals surface area contributed by atoms with Crippen molar-refractivity contribution < 1.29 is 13.2 Å². The van der Waals surface area contributed by atoms with E-state index in [1.165, 1.54) is 23.9 Å². The minimum absolute atomic E-state index is 0.0291. The summed E-state index contributed by atoms with van der Waals surface area (Å²) in [5, 5.41) is 6.23. The second-order valence-electron chi connectivity index (χ2n) is 6.60. The highest BCUT2D eigenvalue weighted by molar-refractivity contribution is 7.99. The van der Waals surface area contributed by atoms with E-state index >= 15 is 0 Å². The summed E-state index contributed by atoms with van der Waals surface area (Å²) >= 11 is 1.41. The average Bonchev–Trinajstić information content (AvgIpc) is 2.77. The van der Waals surface area contributed by atoms with Gasteiger partial charge in [0.05, 0.1) is 28.1 Å². The number of benzene rings is 3. The summed E-state index contributed by atoms with van der Waals surface area (Å²) in [5.74, 6) is 1.06. The molecular formula is C22H19N3O4S2. The Balaban J connectivity index is 1.54. The van der Waals surface area contributed by atoms with E-state index in [1.807, 2.05) is 48.5 Å². The van der Waals surface area contributed by atoms with Gasteiger partial charge in [0.2, 0.25) is 10.0 Å². The van der Waals surface area contributed by atoms with E-state index in [1.54, 1.807) is 22.8 Å². The molecule has 158 valence electrons. The largest absolute Gasteiger partial charge is 0.493 e. The molecule has 0 aliphatic carbocycles. The monoisotopic (exact) mass is 453 g/mol. The summed E-state index contributed by atoms with van der Waals surface area (Å²) < 4.78 is 30.0. The first-order valence-electron chi connectivity index (χ1n) is 9.39. The zero-order valence-electron chi connectivity index (χ0n) is 16.3. The Hall–Kier alpha value is -3.14. The lowest BCUT2D eigenvalue weighted by molar-refractivity contribution is 0.343. The van der Waals surface area contributed by atoms with Crippen molar-refractivity contribution in [3.63, 3.8) is 0 Å². The minimum atomic E-state index is -3.73. The predicted octanol–water partition coefficient (Wildman–Crippen LogP) is 3.20. The maximum atomic E-state index is 13.1. The number of fused-ring (bicyclic) bond motifs is 1. The fraction of sp³-hybridized carbons (Fsp3) is 0.0909. The number of nitrogens with two attached hydrogens (primary N) is 1. The summed E-state index contributed by atoms with van der Waals surface area (Å²) in [6.45, 7) is 0.344. The van der Waals surface area contributed by atoms with E-state index in [0.29, 0.717) is 34.2 Å². The lowest BCUT2D eigenvalue weighted by Crippen LogP contribution is -2.22. The Morgan fingerprint density at radius 2 is 1.61 bits per heavy atom. The number of hydrogen-bond acceptors (Lipinski definition) is 6. The van der Waals surface area contributed by atoms with Crippen LogP contribution in [-0.2, 0) is 10.0 Å². The molecule has 0 saturated heterocycles. The molecule has 9 heteroatoms. The van der Waals surface area contributed by atoms with Gasteiger partial charge in [0.15, 0.2) is 5.16 Å². The second-order valence-corrected chi connectivity index (χ2v) is 9.22. The fourth-order valence-electron chi connectivity index (χ4n) is 3.03. The molecule has 0 unspecified atom stereocenters. The smallest absolute Gasteiger partial charge is 0.266 e. The van der Waals surface area contributed by atoms with Crippen LogP contribution in [0.25, 0.3) is 16.6 Å². The van der Waals surface area contributed by atoms with Gasteiger partial charge in [-0.15, -0.1) is 0 Å². The molecule has 0 radical (unpaired) electrons. The lowest BCUT2D eigenvalue weighted by atomic mass is 10.2. The maximum absolute atomic E-state index is 13.1. The number of sulfonamides is 1. The normalized spacial score (nSPS) is 11.5. The molecule has 0 saturated carbocycles.